The summed E-state index contributed by atoms with van der Waals surface area (Å²) >= 11 is 14.2. The van der Waals surface area contributed by atoms with Crippen LogP contribution in [-0.2, 0) is 40.1 Å². The first-order chi connectivity index (χ1) is 45.5. The van der Waals surface area contributed by atoms with Crippen LogP contribution in [0.25, 0.3) is 21.5 Å². The summed E-state index contributed by atoms with van der Waals surface area (Å²) in [5.41, 5.74) is 9.15. The summed E-state index contributed by atoms with van der Waals surface area (Å²) < 4.78 is 17.1. The Morgan fingerprint density at radius 1 is 0.684 bits per heavy atom. The number of nitrogens with zero attached hydrogens (tertiary/aromatic N) is 5. The number of ketones is 1. The molecule has 4 atom stereocenters. The lowest BCUT2D eigenvalue weighted by Gasteiger charge is -2.24. The van der Waals surface area contributed by atoms with Gasteiger partial charge in [0, 0.05) is 143 Å². The number of nitrogens with one attached hydrogen (secondary N) is 3. The zero-order valence-corrected chi connectivity index (χ0v) is 55.6. The first-order valence-corrected chi connectivity index (χ1v) is 33.2. The Kier molecular flexibility index (Phi) is 23.3. The summed E-state index contributed by atoms with van der Waals surface area (Å²) in [6.45, 7) is 5.90. The molecule has 0 saturated heterocycles. The van der Waals surface area contributed by atoms with Crippen LogP contribution in [0.2, 0.25) is 0 Å². The Balaban J connectivity index is 0.752. The van der Waals surface area contributed by atoms with Crippen molar-refractivity contribution in [3.05, 3.63) is 136 Å². The predicted octanol–water partition coefficient (Wildman–Crippen LogP) is 10.2. The number of carbonyl (C=O) groups is 11. The van der Waals surface area contributed by atoms with E-state index >= 15 is 0 Å². The third-order valence-electron chi connectivity index (χ3n) is 17.0. The maximum atomic E-state index is 14.5. The molecule has 10 amide bonds. The van der Waals surface area contributed by atoms with Gasteiger partial charge in [-0.25, -0.2) is 14.4 Å². The van der Waals surface area contributed by atoms with Gasteiger partial charge in [-0.15, -0.1) is 34.5 Å². The van der Waals surface area contributed by atoms with Gasteiger partial charge >= 0.3 is 24.2 Å². The van der Waals surface area contributed by atoms with E-state index in [1.165, 1.54) is 43.0 Å². The van der Waals surface area contributed by atoms with E-state index in [-0.39, 0.29) is 129 Å². The molecule has 3 aliphatic rings. The molecule has 23 nitrogen and oxygen atoms in total. The number of hydrogen-bond donors (Lipinski definition) is 4. The van der Waals surface area contributed by atoms with E-state index in [0.717, 1.165) is 43.5 Å². The van der Waals surface area contributed by atoms with Gasteiger partial charge in [-0.3, -0.25) is 43.3 Å². The highest BCUT2D eigenvalue weighted by atomic mass is 35.5. The Morgan fingerprint density at radius 3 is 1.91 bits per heavy atom. The lowest BCUT2D eigenvalue weighted by atomic mass is 9.89. The van der Waals surface area contributed by atoms with E-state index in [1.807, 2.05) is 30.3 Å². The van der Waals surface area contributed by atoms with Crippen LogP contribution in [-0.4, -0.2) is 151 Å². The SMILES string of the molecule is CC(=O)Oc1cc2c(c3ccccc13)[C@H](CCl)CN2C(=O)c1ccc(C(=O)N2C[C@@H](CCl)c3c2ccc2c(OC(=O)N(C)CCN(C)C(=O)OCc4ccc(NC(=O)[C@H](CCCNC(N)=O)CC(=O)[C@@H](NC(=O)CCCCCN5C(=O)C=CC5=O)C(C)C)cc4)cccc32)s1. The number of carbonyl (C=O) groups excluding carboxylic acids is 11. The highest BCUT2D eigenvalue weighted by Gasteiger charge is 2.39. The van der Waals surface area contributed by atoms with Gasteiger partial charge in [0.2, 0.25) is 11.8 Å². The molecule has 1 aromatic heterocycles. The van der Waals surface area contributed by atoms with Crippen LogP contribution < -0.4 is 41.0 Å². The van der Waals surface area contributed by atoms with Crippen molar-refractivity contribution in [3.8, 4) is 11.5 Å². The van der Waals surface area contributed by atoms with E-state index in [0.29, 0.717) is 75.7 Å². The zero-order chi connectivity index (χ0) is 68.2. The third kappa shape index (κ3) is 16.8. The summed E-state index contributed by atoms with van der Waals surface area (Å²) in [6, 6.07) is 26.3. The average Bonchev–Trinajstić information content (AvgIpc) is 1.54. The van der Waals surface area contributed by atoms with E-state index in [4.69, 9.17) is 43.1 Å². The summed E-state index contributed by atoms with van der Waals surface area (Å²) in [7, 11) is 3.06. The number of primary amides is 1. The molecule has 500 valence electrons. The molecular weight excluding hydrogens is 1280 g/mol. The lowest BCUT2D eigenvalue weighted by molar-refractivity contribution is -0.137. The number of esters is 1. The number of ether oxygens (including phenoxy) is 3. The van der Waals surface area contributed by atoms with Gasteiger partial charge in [-0.05, 0) is 102 Å². The van der Waals surface area contributed by atoms with Crippen LogP contribution in [0, 0.1) is 11.8 Å². The monoisotopic (exact) mass is 1360 g/mol. The number of benzene rings is 5. The zero-order valence-electron chi connectivity index (χ0n) is 53.3. The summed E-state index contributed by atoms with van der Waals surface area (Å²) in [5.74, 6) is -3.61. The molecule has 6 aromatic rings. The number of thiophene rings is 1. The number of fused-ring (bicyclic) bond motifs is 6. The molecule has 5 aromatic carbocycles. The van der Waals surface area contributed by atoms with Crippen LogP contribution in [0.15, 0.2) is 109 Å². The highest BCUT2D eigenvalue weighted by Crippen LogP contribution is 2.48. The molecule has 0 fully saturated rings. The van der Waals surface area contributed by atoms with E-state index < -0.39 is 42.1 Å². The van der Waals surface area contributed by atoms with Crippen molar-refractivity contribution in [1.29, 1.82) is 0 Å². The summed E-state index contributed by atoms with van der Waals surface area (Å²) in [4.78, 5) is 151. The van der Waals surface area contributed by atoms with Crippen LogP contribution >= 0.6 is 34.5 Å². The number of imide groups is 1. The van der Waals surface area contributed by atoms with Crippen molar-refractivity contribution >= 4 is 139 Å². The standard InChI is InChI=1S/C69H75Cl2N9O14S/c1-40(2)63(75-58(83)18-7-6-10-30-78-59(84)27-28-60(78)85)53(82)33-43(13-12-29-73-67(72)89)64(86)74-46-21-19-42(20-22-46)39-92-68(90)76(4)31-32-77(5)69(91)94-54-17-11-16-50-48(54)23-24-51-61(50)44(35-70)37-79(51)65(87)56-25-26-57(95-56)66(88)80-38-45(36-71)62-49-15-9-8-14-47(49)55(34-52(62)80)93-41(3)81/h8-9,11,14-17,19-28,34,40,43-45,63H,6-7,10,12-13,18,29-33,35-39H2,1-5H3,(H,74,86)(H,75,83)(H3,72,73,89)/t43-,44-,45-,63+/m1/s1. The molecular formula is C69H75Cl2N9O14S. The third-order valence-corrected chi connectivity index (χ3v) is 18.8. The average molecular weight is 1360 g/mol. The number of unbranched alkanes of at least 4 members (excludes halogenated alkanes) is 2. The number of Topliss-reactive ketones (excluding diaryl/α,β-unsaturated/α-hetero) is 1. The molecule has 0 saturated carbocycles. The first kappa shape index (κ1) is 69.9. The van der Waals surface area contributed by atoms with Crippen molar-refractivity contribution in [3.63, 3.8) is 0 Å². The number of urea groups is 1. The summed E-state index contributed by atoms with van der Waals surface area (Å²) in [6.07, 6.45) is 3.12. The molecule has 4 heterocycles. The van der Waals surface area contributed by atoms with Crippen molar-refractivity contribution in [2.45, 2.75) is 90.2 Å². The van der Waals surface area contributed by atoms with Crippen molar-refractivity contribution < 1.29 is 67.0 Å². The first-order valence-electron chi connectivity index (χ1n) is 31.3. The molecule has 95 heavy (non-hydrogen) atoms. The van der Waals surface area contributed by atoms with Crippen LogP contribution in [0.1, 0.15) is 114 Å². The fourth-order valence-corrected chi connectivity index (χ4v) is 13.4. The van der Waals surface area contributed by atoms with Crippen LogP contribution in [0.5, 0.6) is 11.5 Å². The molecule has 0 aliphatic carbocycles. The molecule has 0 unspecified atom stereocenters. The minimum atomic E-state index is -0.877. The van der Waals surface area contributed by atoms with Crippen LogP contribution in [0.4, 0.5) is 31.4 Å². The second-order valence-electron chi connectivity index (χ2n) is 24.0. The minimum absolute atomic E-state index is 0.0730. The number of alkyl halides is 2. The number of rotatable bonds is 28. The number of amides is 10. The Labute approximate surface area is 563 Å². The van der Waals surface area contributed by atoms with Crippen molar-refractivity contribution in [2.75, 3.05) is 80.2 Å². The predicted molar refractivity (Wildman–Crippen MR) is 361 cm³/mol. The Hall–Kier alpha value is -9.39. The Morgan fingerprint density at radius 2 is 1.28 bits per heavy atom. The van der Waals surface area contributed by atoms with E-state index in [1.54, 1.807) is 90.4 Å². The fourth-order valence-electron chi connectivity index (χ4n) is 12.0. The number of nitrogens with two attached hydrogens (primary N) is 1. The molecule has 0 spiro atoms. The number of anilines is 3. The van der Waals surface area contributed by atoms with E-state index in [2.05, 4.69) is 16.0 Å². The smallest absolute Gasteiger partial charge is 0.415 e. The second-order valence-corrected chi connectivity index (χ2v) is 25.7. The van der Waals surface area contributed by atoms with Gasteiger partial charge in [-0.2, -0.15) is 0 Å². The van der Waals surface area contributed by atoms with Gasteiger partial charge in [0.25, 0.3) is 23.6 Å². The maximum absolute atomic E-state index is 14.5. The molecule has 0 bridgehead atoms. The normalized spacial score (nSPS) is 15.3. The van der Waals surface area contributed by atoms with Gasteiger partial charge in [0.15, 0.2) is 5.78 Å². The van der Waals surface area contributed by atoms with Crippen LogP contribution in [0.3, 0.4) is 0 Å². The second kappa shape index (κ2) is 31.7. The molecule has 3 aliphatic heterocycles. The molecule has 26 heteroatoms. The maximum Gasteiger partial charge on any atom is 0.415 e. The van der Waals surface area contributed by atoms with Gasteiger partial charge < -0.3 is 55.5 Å². The van der Waals surface area contributed by atoms with Gasteiger partial charge in [0.1, 0.15) is 18.1 Å². The molecule has 0 radical (unpaired) electrons. The number of likely N-dealkylation sites (N-methyl/N-ethyl adjacent to an activating group) is 2. The molecule has 5 N–H and O–H groups in total. The topological polar surface area (TPSA) is 294 Å². The van der Waals surface area contributed by atoms with Gasteiger partial charge in [-0.1, -0.05) is 68.8 Å². The van der Waals surface area contributed by atoms with Gasteiger partial charge in [0.05, 0.1) is 21.5 Å². The number of halogens is 2. The molecule has 9 rings (SSSR count). The number of hydrogen-bond acceptors (Lipinski definition) is 15. The van der Waals surface area contributed by atoms with Crippen molar-refractivity contribution in [2.24, 2.45) is 17.6 Å². The quantitative estimate of drug-likeness (QED) is 0.0117. The highest BCUT2D eigenvalue weighted by molar-refractivity contribution is 7.16. The largest absolute Gasteiger partial charge is 0.445 e. The minimum Gasteiger partial charge on any atom is -0.445 e. The Bertz CT molecular complexity index is 3970. The lowest BCUT2D eigenvalue weighted by Crippen LogP contribution is -2.45. The van der Waals surface area contributed by atoms with Crippen molar-refractivity contribution in [1.82, 2.24) is 25.3 Å². The fraction of sp³-hybridized carbons (Fsp3) is 0.377. The summed E-state index contributed by atoms with van der Waals surface area (Å²) in [5, 5.41) is 11.1. The van der Waals surface area contributed by atoms with E-state index in [9.17, 15) is 52.7 Å².